The molecule has 0 saturated heterocycles. The van der Waals surface area contributed by atoms with Crippen LogP contribution in [0.1, 0.15) is 27.8 Å². The Morgan fingerprint density at radius 3 is 1.20 bits per heavy atom. The summed E-state index contributed by atoms with van der Waals surface area (Å²) in [5, 5.41) is 2.68. The molecule has 0 bridgehead atoms. The predicted octanol–water partition coefficient (Wildman–Crippen LogP) is 9.42. The van der Waals surface area contributed by atoms with Crippen molar-refractivity contribution >= 4 is 46.6 Å². The third-order valence-corrected chi connectivity index (χ3v) is 10.6. The summed E-state index contributed by atoms with van der Waals surface area (Å²) in [5.41, 5.74) is 8.81. The van der Waals surface area contributed by atoms with Gasteiger partial charge in [0, 0.05) is 28.5 Å². The summed E-state index contributed by atoms with van der Waals surface area (Å²) in [7, 11) is -0.684. The van der Waals surface area contributed by atoms with Crippen LogP contribution in [0.4, 0.5) is 0 Å². The molecule has 44 heavy (non-hydrogen) atoms. The lowest BCUT2D eigenvalue weighted by Gasteiger charge is -2.22. The van der Waals surface area contributed by atoms with E-state index < -0.39 is 7.92 Å². The fraction of sp³-hybridized carbons (Fsp3) is 0.0238. The summed E-state index contributed by atoms with van der Waals surface area (Å²) in [6.07, 6.45) is 0.863. The van der Waals surface area contributed by atoms with Crippen LogP contribution >= 0.6 is 7.92 Å². The molecule has 210 valence electrons. The highest BCUT2D eigenvalue weighted by Crippen LogP contribution is 2.51. The van der Waals surface area contributed by atoms with Gasteiger partial charge in [0.1, 0.15) is 0 Å². The maximum Gasteiger partial charge on any atom is 0.195 e. The summed E-state index contributed by atoms with van der Waals surface area (Å²) >= 11 is 0. The van der Waals surface area contributed by atoms with Crippen LogP contribution in [0.5, 0.6) is 0 Å². The minimum atomic E-state index is -0.684. The number of hydrogen-bond donors (Lipinski definition) is 0. The minimum absolute atomic E-state index is 0.0689. The van der Waals surface area contributed by atoms with E-state index in [0.717, 1.165) is 50.7 Å². The Morgan fingerprint density at radius 2 is 0.727 bits per heavy atom. The molecular weight excluding hydrogens is 551 g/mol. The average Bonchev–Trinajstić information content (AvgIpc) is 3.41. The molecule has 0 spiro atoms. The number of allylic oxidation sites excluding steroid dienone is 4. The molecule has 6 aromatic rings. The molecule has 0 aliphatic heterocycles. The first-order valence-electron chi connectivity index (χ1n) is 15.0. The van der Waals surface area contributed by atoms with Crippen LogP contribution in [-0.2, 0) is 11.0 Å². The molecule has 0 unspecified atom stereocenters. The predicted molar refractivity (Wildman–Crippen MR) is 187 cm³/mol. The average molecular weight is 583 g/mol. The molecule has 1 aliphatic rings. The lowest BCUT2D eigenvalue weighted by Crippen LogP contribution is -2.13. The van der Waals surface area contributed by atoms with Gasteiger partial charge in [0.2, 0.25) is 0 Å². The van der Waals surface area contributed by atoms with Gasteiger partial charge < -0.3 is 0 Å². The molecular formula is C42H31OP. The van der Waals surface area contributed by atoms with Crippen molar-refractivity contribution in [3.8, 4) is 0 Å². The summed E-state index contributed by atoms with van der Waals surface area (Å²) in [5.74, 6) is 0.0689. The second-order valence-electron chi connectivity index (χ2n) is 10.8. The van der Waals surface area contributed by atoms with E-state index in [1.54, 1.807) is 0 Å². The maximum absolute atomic E-state index is 14.7. The van der Waals surface area contributed by atoms with Crippen molar-refractivity contribution in [1.29, 1.82) is 0 Å². The van der Waals surface area contributed by atoms with Crippen LogP contribution in [-0.4, -0.2) is 5.78 Å². The number of benzene rings is 6. The van der Waals surface area contributed by atoms with Gasteiger partial charge in [-0.3, -0.25) is 4.79 Å². The third kappa shape index (κ3) is 5.39. The molecule has 0 fully saturated rings. The first kappa shape index (κ1) is 27.7. The van der Waals surface area contributed by atoms with Gasteiger partial charge in [-0.05, 0) is 46.3 Å². The van der Waals surface area contributed by atoms with Gasteiger partial charge in [-0.25, -0.2) is 0 Å². The Kier molecular flexibility index (Phi) is 7.96. The minimum Gasteiger partial charge on any atom is -0.289 e. The molecule has 6 aromatic carbocycles. The van der Waals surface area contributed by atoms with Gasteiger partial charge in [0.15, 0.2) is 5.78 Å². The molecule has 0 atom stereocenters. The fourth-order valence-corrected chi connectivity index (χ4v) is 8.49. The largest absolute Gasteiger partial charge is 0.289 e. The molecule has 0 aromatic heterocycles. The molecule has 1 aliphatic carbocycles. The summed E-state index contributed by atoms with van der Waals surface area (Å²) < 4.78 is 0. The Balaban J connectivity index is 1.49. The maximum atomic E-state index is 14.7. The number of carbonyl (C=O) groups is 1. The zero-order valence-electron chi connectivity index (χ0n) is 24.3. The summed E-state index contributed by atoms with van der Waals surface area (Å²) in [4.78, 5) is 14.7. The SMILES string of the molecule is O=C1C(c2ccccc2)=C(c2ccccc2)C(c2ccccc2CP(c2ccccc2)c2ccccc2)=C1c1ccccc1. The first-order valence-corrected chi connectivity index (χ1v) is 16.5. The van der Waals surface area contributed by atoms with E-state index in [9.17, 15) is 4.79 Å². The lowest BCUT2D eigenvalue weighted by molar-refractivity contribution is -0.108. The van der Waals surface area contributed by atoms with Crippen LogP contribution in [0, 0.1) is 0 Å². The standard InChI is InChI=1S/C42H31OP/c43-42-39(32-20-8-2-9-21-32)38(31-18-6-1-7-19-31)41(40(42)33-22-10-3-11-23-33)37-29-17-16-24-34(37)30-44(35-25-12-4-13-26-35)36-27-14-5-15-28-36/h1-29H,30H2. The number of Topliss-reactive ketones (excluding diaryl/α,β-unsaturated/α-hetero) is 1. The van der Waals surface area contributed by atoms with Crippen molar-refractivity contribution in [2.45, 2.75) is 6.16 Å². The van der Waals surface area contributed by atoms with Crippen LogP contribution in [0.25, 0.3) is 22.3 Å². The highest BCUT2D eigenvalue weighted by molar-refractivity contribution is 7.72. The molecule has 0 N–H and O–H groups in total. The Hall–Kier alpha value is -5.10. The van der Waals surface area contributed by atoms with Crippen molar-refractivity contribution < 1.29 is 4.79 Å². The highest BCUT2D eigenvalue weighted by Gasteiger charge is 2.36. The van der Waals surface area contributed by atoms with Gasteiger partial charge >= 0.3 is 0 Å². The first-order chi connectivity index (χ1) is 21.8. The van der Waals surface area contributed by atoms with Crippen LogP contribution in [0.3, 0.4) is 0 Å². The molecule has 0 saturated carbocycles. The Labute approximate surface area is 260 Å². The second kappa shape index (κ2) is 12.6. The molecule has 1 nitrogen and oxygen atoms in total. The smallest absolute Gasteiger partial charge is 0.195 e. The van der Waals surface area contributed by atoms with Gasteiger partial charge in [-0.2, -0.15) is 0 Å². The van der Waals surface area contributed by atoms with E-state index >= 15 is 0 Å². The third-order valence-electron chi connectivity index (χ3n) is 8.14. The normalized spacial score (nSPS) is 13.2. The highest BCUT2D eigenvalue weighted by atomic mass is 31.1. The Bertz CT molecular complexity index is 1920. The van der Waals surface area contributed by atoms with E-state index in [4.69, 9.17) is 0 Å². The monoisotopic (exact) mass is 582 g/mol. The van der Waals surface area contributed by atoms with Gasteiger partial charge in [-0.1, -0.05) is 176 Å². The van der Waals surface area contributed by atoms with Gasteiger partial charge in [0.25, 0.3) is 0 Å². The van der Waals surface area contributed by atoms with E-state index in [-0.39, 0.29) is 5.78 Å². The van der Waals surface area contributed by atoms with Crippen LogP contribution in [0.15, 0.2) is 176 Å². The van der Waals surface area contributed by atoms with Crippen LogP contribution in [0.2, 0.25) is 0 Å². The molecule has 2 heteroatoms. The lowest BCUT2D eigenvalue weighted by atomic mass is 9.87. The number of ketones is 1. The Morgan fingerprint density at radius 1 is 0.364 bits per heavy atom. The van der Waals surface area contributed by atoms with Crippen molar-refractivity contribution in [2.75, 3.05) is 0 Å². The molecule has 0 radical (unpaired) electrons. The number of carbonyl (C=O) groups excluding carboxylic acids is 1. The van der Waals surface area contributed by atoms with E-state index in [2.05, 4.69) is 133 Å². The van der Waals surface area contributed by atoms with Gasteiger partial charge in [0.05, 0.1) is 0 Å². The van der Waals surface area contributed by atoms with Crippen molar-refractivity contribution in [3.63, 3.8) is 0 Å². The summed E-state index contributed by atoms with van der Waals surface area (Å²) in [6, 6.07) is 61.1. The quantitative estimate of drug-likeness (QED) is 0.163. The van der Waals surface area contributed by atoms with Crippen molar-refractivity contribution in [2.24, 2.45) is 0 Å². The zero-order chi connectivity index (χ0) is 29.7. The van der Waals surface area contributed by atoms with Crippen molar-refractivity contribution in [3.05, 3.63) is 204 Å². The zero-order valence-corrected chi connectivity index (χ0v) is 25.2. The van der Waals surface area contributed by atoms with Crippen molar-refractivity contribution in [1.82, 2.24) is 0 Å². The topological polar surface area (TPSA) is 17.1 Å². The fourth-order valence-electron chi connectivity index (χ4n) is 6.15. The molecule has 0 heterocycles. The van der Waals surface area contributed by atoms with Crippen LogP contribution < -0.4 is 10.6 Å². The molecule has 7 rings (SSSR count). The number of hydrogen-bond acceptors (Lipinski definition) is 1. The van der Waals surface area contributed by atoms with E-state index in [1.807, 2.05) is 42.5 Å². The van der Waals surface area contributed by atoms with E-state index in [1.165, 1.54) is 16.2 Å². The van der Waals surface area contributed by atoms with Gasteiger partial charge in [-0.15, -0.1) is 0 Å². The molecule has 0 amide bonds. The van der Waals surface area contributed by atoms with E-state index in [0.29, 0.717) is 0 Å². The summed E-state index contributed by atoms with van der Waals surface area (Å²) in [6.45, 7) is 0. The number of rotatable bonds is 8. The second-order valence-corrected chi connectivity index (χ2v) is 13.0.